The van der Waals surface area contributed by atoms with Crippen LogP contribution in [0.3, 0.4) is 0 Å². The first-order chi connectivity index (χ1) is 19.1. The first kappa shape index (κ1) is 29.6. The Kier molecular flexibility index (Phi) is 9.50. The van der Waals surface area contributed by atoms with Crippen LogP contribution in [0.25, 0.3) is 0 Å². The van der Waals surface area contributed by atoms with E-state index in [0.717, 1.165) is 18.4 Å². The van der Waals surface area contributed by atoms with Crippen molar-refractivity contribution in [3.63, 3.8) is 0 Å². The highest BCUT2D eigenvalue weighted by atomic mass is 35.5. The average molecular weight is 603 g/mol. The summed E-state index contributed by atoms with van der Waals surface area (Å²) in [5.41, 5.74) is 1.31. The number of nitrogens with one attached hydrogen (secondary N) is 1. The molecule has 1 N–H and O–H groups in total. The summed E-state index contributed by atoms with van der Waals surface area (Å²) in [6, 6.07) is 18.8. The highest BCUT2D eigenvalue weighted by molar-refractivity contribution is 7.90. The molecule has 0 aromatic heterocycles. The summed E-state index contributed by atoms with van der Waals surface area (Å²) in [5.74, 6) is -1.91. The Labute approximate surface area is 243 Å². The van der Waals surface area contributed by atoms with Gasteiger partial charge in [0.1, 0.15) is 17.5 Å². The van der Waals surface area contributed by atoms with Gasteiger partial charge in [0.25, 0.3) is 15.9 Å². The van der Waals surface area contributed by atoms with Crippen molar-refractivity contribution in [2.75, 3.05) is 13.1 Å². The van der Waals surface area contributed by atoms with Gasteiger partial charge in [0, 0.05) is 29.6 Å². The van der Waals surface area contributed by atoms with E-state index in [2.05, 4.69) is 5.32 Å². The molecule has 0 fully saturated rings. The minimum Gasteiger partial charge on any atom is -0.354 e. The molecule has 1 heterocycles. The van der Waals surface area contributed by atoms with Crippen LogP contribution < -0.4 is 5.32 Å². The van der Waals surface area contributed by atoms with E-state index >= 15 is 0 Å². The van der Waals surface area contributed by atoms with E-state index in [9.17, 15) is 22.8 Å². The highest BCUT2D eigenvalue weighted by Crippen LogP contribution is 2.30. The molecule has 0 bridgehead atoms. The van der Waals surface area contributed by atoms with Crippen molar-refractivity contribution in [1.82, 2.24) is 14.5 Å². The van der Waals surface area contributed by atoms with E-state index in [1.807, 2.05) is 37.3 Å². The molecule has 0 unspecified atom stereocenters. The zero-order chi connectivity index (χ0) is 28.9. The van der Waals surface area contributed by atoms with Crippen LogP contribution in [0.15, 0.2) is 77.7 Å². The number of amides is 3. The third-order valence-corrected chi connectivity index (χ3v) is 9.02. The Bertz CT molecular complexity index is 1520. The number of carbonyl (C=O) groups is 3. The molecule has 0 spiro atoms. The summed E-state index contributed by atoms with van der Waals surface area (Å²) in [4.78, 5) is 41.7. The zero-order valence-electron chi connectivity index (χ0n) is 21.8. The number of sulfonamides is 1. The molecule has 1 atom stereocenters. The van der Waals surface area contributed by atoms with Crippen LogP contribution in [0.4, 0.5) is 0 Å². The molecule has 1 aliphatic rings. The number of fused-ring (bicyclic) bond motifs is 1. The lowest BCUT2D eigenvalue weighted by atomic mass is 10.0. The van der Waals surface area contributed by atoms with Gasteiger partial charge < -0.3 is 10.2 Å². The van der Waals surface area contributed by atoms with Gasteiger partial charge in [-0.1, -0.05) is 85.1 Å². The maximum Gasteiger partial charge on any atom is 0.269 e. The van der Waals surface area contributed by atoms with Crippen molar-refractivity contribution in [3.05, 3.63) is 99.5 Å². The van der Waals surface area contributed by atoms with Crippen LogP contribution in [0, 0.1) is 0 Å². The largest absolute Gasteiger partial charge is 0.354 e. The molecule has 3 aromatic rings. The van der Waals surface area contributed by atoms with Gasteiger partial charge in [-0.3, -0.25) is 14.4 Å². The standard InChI is InChI=1S/C29H29Cl2N3O5S/c1-2-3-15-32-28(36)25(16-20-9-5-4-6-10-20)33(18-21-13-14-22(30)17-24(21)31)27(35)19-34-29(37)23-11-7-8-12-26(23)40(34,38)39/h4-14,17,25H,2-3,15-16,18-19H2,1H3,(H,32,36)/t25-/m1/s1. The molecule has 3 amide bonds. The third kappa shape index (κ3) is 6.49. The van der Waals surface area contributed by atoms with Gasteiger partial charge in [0.15, 0.2) is 0 Å². The van der Waals surface area contributed by atoms with Crippen LogP contribution in [-0.2, 0) is 32.6 Å². The second-order valence-electron chi connectivity index (χ2n) is 9.42. The van der Waals surface area contributed by atoms with Crippen molar-refractivity contribution < 1.29 is 22.8 Å². The number of halogens is 2. The topological polar surface area (TPSA) is 104 Å². The average Bonchev–Trinajstić information content (AvgIpc) is 3.13. The fourth-order valence-corrected chi connectivity index (χ4v) is 6.48. The van der Waals surface area contributed by atoms with E-state index in [1.54, 1.807) is 18.2 Å². The molecule has 0 saturated heterocycles. The lowest BCUT2D eigenvalue weighted by molar-refractivity contribution is -0.141. The fraction of sp³-hybridized carbons (Fsp3) is 0.276. The van der Waals surface area contributed by atoms with E-state index in [0.29, 0.717) is 21.4 Å². The predicted molar refractivity (Wildman–Crippen MR) is 154 cm³/mol. The Morgan fingerprint density at radius 2 is 1.70 bits per heavy atom. The predicted octanol–water partition coefficient (Wildman–Crippen LogP) is 4.69. The molecule has 3 aromatic carbocycles. The quantitative estimate of drug-likeness (QED) is 0.321. The van der Waals surface area contributed by atoms with E-state index in [4.69, 9.17) is 23.2 Å². The second kappa shape index (κ2) is 12.8. The van der Waals surface area contributed by atoms with Crippen LogP contribution in [0.1, 0.15) is 41.3 Å². The van der Waals surface area contributed by atoms with Crippen molar-refractivity contribution >= 4 is 50.9 Å². The smallest absolute Gasteiger partial charge is 0.269 e. The van der Waals surface area contributed by atoms with Crippen molar-refractivity contribution in [3.8, 4) is 0 Å². The van der Waals surface area contributed by atoms with Crippen LogP contribution >= 0.6 is 23.2 Å². The van der Waals surface area contributed by atoms with E-state index in [-0.39, 0.29) is 28.4 Å². The maximum absolute atomic E-state index is 14.0. The number of benzene rings is 3. The fourth-order valence-electron chi connectivity index (χ4n) is 4.49. The van der Waals surface area contributed by atoms with Gasteiger partial charge in [-0.15, -0.1) is 0 Å². The maximum atomic E-state index is 14.0. The van der Waals surface area contributed by atoms with Gasteiger partial charge in [-0.25, -0.2) is 12.7 Å². The van der Waals surface area contributed by atoms with Crippen LogP contribution in [0.5, 0.6) is 0 Å². The molecule has 210 valence electrons. The number of hydrogen-bond acceptors (Lipinski definition) is 5. The number of rotatable bonds is 11. The number of unbranched alkanes of at least 4 members (excludes halogenated alkanes) is 1. The summed E-state index contributed by atoms with van der Waals surface area (Å²) >= 11 is 12.5. The third-order valence-electron chi connectivity index (χ3n) is 6.65. The molecular weight excluding hydrogens is 573 g/mol. The molecule has 11 heteroatoms. The molecule has 4 rings (SSSR count). The van der Waals surface area contributed by atoms with Crippen molar-refractivity contribution in [1.29, 1.82) is 0 Å². The zero-order valence-corrected chi connectivity index (χ0v) is 24.2. The minimum atomic E-state index is -4.24. The van der Waals surface area contributed by atoms with Gasteiger partial charge >= 0.3 is 0 Å². The van der Waals surface area contributed by atoms with Gasteiger partial charge in [0.2, 0.25) is 11.8 Å². The van der Waals surface area contributed by atoms with Crippen LogP contribution in [0.2, 0.25) is 10.0 Å². The lowest BCUT2D eigenvalue weighted by Crippen LogP contribution is -2.53. The van der Waals surface area contributed by atoms with E-state index in [1.165, 1.54) is 29.2 Å². The van der Waals surface area contributed by atoms with E-state index < -0.39 is 40.3 Å². The van der Waals surface area contributed by atoms with Gasteiger partial charge in [-0.2, -0.15) is 0 Å². The molecule has 0 aliphatic carbocycles. The number of nitrogens with zero attached hydrogens (tertiary/aromatic N) is 2. The molecular formula is C29H29Cl2N3O5S. The van der Waals surface area contributed by atoms with Crippen molar-refractivity contribution in [2.45, 2.75) is 43.7 Å². The summed E-state index contributed by atoms with van der Waals surface area (Å²) < 4.78 is 26.9. The first-order valence-electron chi connectivity index (χ1n) is 12.8. The Balaban J connectivity index is 1.72. The molecule has 40 heavy (non-hydrogen) atoms. The summed E-state index contributed by atoms with van der Waals surface area (Å²) in [6.45, 7) is 1.53. The summed E-state index contributed by atoms with van der Waals surface area (Å²) in [6.07, 6.45) is 1.78. The lowest BCUT2D eigenvalue weighted by Gasteiger charge is -2.32. The van der Waals surface area contributed by atoms with Gasteiger partial charge in [-0.05, 0) is 41.8 Å². The molecule has 0 saturated carbocycles. The van der Waals surface area contributed by atoms with Crippen molar-refractivity contribution in [2.24, 2.45) is 0 Å². The van der Waals surface area contributed by atoms with Gasteiger partial charge in [0.05, 0.1) is 5.56 Å². The Morgan fingerprint density at radius 1 is 1.00 bits per heavy atom. The Hall–Kier alpha value is -3.40. The minimum absolute atomic E-state index is 0.000685. The number of hydrogen-bond donors (Lipinski definition) is 1. The molecule has 0 radical (unpaired) electrons. The highest BCUT2D eigenvalue weighted by Gasteiger charge is 2.43. The summed E-state index contributed by atoms with van der Waals surface area (Å²) in [7, 11) is -4.24. The number of carbonyl (C=O) groups excluding carboxylic acids is 3. The normalized spacial score (nSPS) is 14.5. The first-order valence-corrected chi connectivity index (χ1v) is 15.0. The monoisotopic (exact) mass is 601 g/mol. The Morgan fingerprint density at radius 3 is 2.38 bits per heavy atom. The molecule has 1 aliphatic heterocycles. The summed E-state index contributed by atoms with van der Waals surface area (Å²) in [5, 5.41) is 3.58. The second-order valence-corrected chi connectivity index (χ2v) is 12.1. The van der Waals surface area contributed by atoms with Crippen LogP contribution in [-0.4, -0.2) is 54.5 Å². The SMILES string of the molecule is CCCCNC(=O)[C@@H](Cc1ccccc1)N(Cc1ccc(Cl)cc1Cl)C(=O)CN1C(=O)c2ccccc2S1(=O)=O. The molecule has 8 nitrogen and oxygen atoms in total.